The molecule has 1 aliphatic heterocycles. The van der Waals surface area contributed by atoms with Gasteiger partial charge in [0.15, 0.2) is 0 Å². The number of anilines is 1. The molecule has 0 aliphatic carbocycles. The molecule has 0 atom stereocenters. The van der Waals surface area contributed by atoms with Crippen LogP contribution in [0.3, 0.4) is 0 Å². The molecule has 0 unspecified atom stereocenters. The number of nitrogen functional groups attached to an aromatic ring is 1. The van der Waals surface area contributed by atoms with Crippen molar-refractivity contribution < 1.29 is 19.4 Å². The molecule has 2 aromatic carbocycles. The lowest BCUT2D eigenvalue weighted by atomic mass is 10.1. The third kappa shape index (κ3) is 4.85. The minimum absolute atomic E-state index is 0.116. The summed E-state index contributed by atoms with van der Waals surface area (Å²) in [6.07, 6.45) is 0.897. The second-order valence-electron chi connectivity index (χ2n) is 8.44. The van der Waals surface area contributed by atoms with E-state index in [1.54, 1.807) is 19.1 Å². The summed E-state index contributed by atoms with van der Waals surface area (Å²) < 4.78 is 12.8. The molecule has 5 N–H and O–H groups in total. The van der Waals surface area contributed by atoms with E-state index in [2.05, 4.69) is 10.00 Å². The molecule has 34 heavy (non-hydrogen) atoms. The van der Waals surface area contributed by atoms with Crippen molar-refractivity contribution >= 4 is 11.7 Å². The summed E-state index contributed by atoms with van der Waals surface area (Å²) in [6.45, 7) is 8.65. The van der Waals surface area contributed by atoms with Crippen LogP contribution < -0.4 is 16.2 Å². The predicted molar refractivity (Wildman–Crippen MR) is 130 cm³/mol. The van der Waals surface area contributed by atoms with Crippen LogP contribution in [0.4, 0.5) is 5.82 Å². The zero-order valence-corrected chi connectivity index (χ0v) is 19.6. The molecule has 1 amide bonds. The lowest BCUT2D eigenvalue weighted by molar-refractivity contribution is 0.0358. The van der Waals surface area contributed by atoms with Crippen molar-refractivity contribution in [1.29, 1.82) is 0 Å². The highest BCUT2D eigenvalue weighted by molar-refractivity contribution is 6.03. The van der Waals surface area contributed by atoms with Gasteiger partial charge in [0.1, 0.15) is 28.6 Å². The van der Waals surface area contributed by atoms with Crippen molar-refractivity contribution in [2.75, 3.05) is 45.2 Å². The number of aryl methyl sites for hydroxylation is 1. The minimum atomic E-state index is -0.675. The van der Waals surface area contributed by atoms with Gasteiger partial charge in [0.05, 0.1) is 25.5 Å². The number of hydrogen-bond acceptors (Lipinski definition) is 7. The number of phenols is 1. The van der Waals surface area contributed by atoms with Gasteiger partial charge in [-0.3, -0.25) is 9.69 Å². The van der Waals surface area contributed by atoms with Gasteiger partial charge >= 0.3 is 0 Å². The monoisotopic (exact) mass is 465 g/mol. The first kappa shape index (κ1) is 23.6. The summed E-state index contributed by atoms with van der Waals surface area (Å²) >= 11 is 0. The third-order valence-electron chi connectivity index (χ3n) is 6.08. The maximum atomic E-state index is 12.3. The number of phenolic OH excluding ortho intramolecular Hbond substituents is 1. The third-order valence-corrected chi connectivity index (χ3v) is 6.08. The number of ether oxygens (including phenoxy) is 2. The van der Waals surface area contributed by atoms with Gasteiger partial charge in [-0.1, -0.05) is 18.2 Å². The number of aromatic nitrogens is 2. The topological polar surface area (TPSA) is 129 Å². The normalized spacial score (nSPS) is 14.3. The minimum Gasteiger partial charge on any atom is -0.508 e. The number of carbonyl (C=O) groups is 1. The first-order chi connectivity index (χ1) is 16.4. The zero-order chi connectivity index (χ0) is 24.2. The Bertz CT molecular complexity index is 1180. The summed E-state index contributed by atoms with van der Waals surface area (Å²) in [4.78, 5) is 14.7. The number of hydrogen-bond donors (Lipinski definition) is 3. The van der Waals surface area contributed by atoms with Gasteiger partial charge in [0.2, 0.25) is 0 Å². The maximum absolute atomic E-state index is 12.3. The molecular formula is C25H31N5O4. The van der Waals surface area contributed by atoms with E-state index in [4.69, 9.17) is 20.9 Å². The molecule has 1 fully saturated rings. The molecule has 180 valence electrons. The lowest BCUT2D eigenvalue weighted by Gasteiger charge is -2.26. The molecule has 9 nitrogen and oxygen atoms in total. The van der Waals surface area contributed by atoms with Crippen LogP contribution >= 0.6 is 0 Å². The number of aromatic hydroxyl groups is 1. The van der Waals surface area contributed by atoms with E-state index >= 15 is 0 Å². The molecule has 0 saturated carbocycles. The number of nitrogens with zero attached hydrogens (tertiary/aromatic N) is 3. The van der Waals surface area contributed by atoms with E-state index in [-0.39, 0.29) is 17.1 Å². The van der Waals surface area contributed by atoms with Gasteiger partial charge in [-0.05, 0) is 44.0 Å². The SMILES string of the molecule is Cc1ccc(O)c(C)c1-n1nc(-c2cccc(OCCCN3CCOCC3)c2)c(C(N)=O)c1N. The van der Waals surface area contributed by atoms with E-state index in [1.807, 2.05) is 31.2 Å². The Kier molecular flexibility index (Phi) is 7.04. The number of carbonyl (C=O) groups excluding carboxylic acids is 1. The molecule has 1 saturated heterocycles. The van der Waals surface area contributed by atoms with E-state index in [0.717, 1.165) is 44.8 Å². The molecule has 0 radical (unpaired) electrons. The smallest absolute Gasteiger partial charge is 0.254 e. The number of benzene rings is 2. The van der Waals surface area contributed by atoms with E-state index in [1.165, 1.54) is 4.68 Å². The Hall–Kier alpha value is -3.56. The highest BCUT2D eigenvalue weighted by atomic mass is 16.5. The predicted octanol–water partition coefficient (Wildman–Crippen LogP) is 2.64. The fourth-order valence-corrected chi connectivity index (χ4v) is 4.23. The number of primary amides is 1. The number of morpholine rings is 1. The molecular weight excluding hydrogens is 434 g/mol. The first-order valence-electron chi connectivity index (χ1n) is 11.4. The van der Waals surface area contributed by atoms with Crippen molar-refractivity contribution in [3.05, 3.63) is 53.1 Å². The summed E-state index contributed by atoms with van der Waals surface area (Å²) in [5.41, 5.74) is 15.3. The standard InChI is InChI=1S/C25H31N5O4/c1-16-7-8-20(31)17(2)23(16)30-24(26)21(25(27)32)22(28-30)18-5-3-6-19(15-18)34-12-4-9-29-10-13-33-14-11-29/h3,5-8,15,31H,4,9-14,26H2,1-2H3,(H2,27,32). The van der Waals surface area contributed by atoms with E-state index in [9.17, 15) is 9.90 Å². The maximum Gasteiger partial charge on any atom is 0.254 e. The fraction of sp³-hybridized carbons (Fsp3) is 0.360. The molecule has 9 heteroatoms. The van der Waals surface area contributed by atoms with Crippen LogP contribution in [0.1, 0.15) is 27.9 Å². The Labute approximate surface area is 198 Å². The van der Waals surface area contributed by atoms with Crippen LogP contribution in [0.15, 0.2) is 36.4 Å². The lowest BCUT2D eigenvalue weighted by Crippen LogP contribution is -2.37. The van der Waals surface area contributed by atoms with Crippen LogP contribution in [0.2, 0.25) is 0 Å². The van der Waals surface area contributed by atoms with Crippen LogP contribution in [0.25, 0.3) is 16.9 Å². The number of nitrogens with two attached hydrogens (primary N) is 2. The second-order valence-corrected chi connectivity index (χ2v) is 8.44. The largest absolute Gasteiger partial charge is 0.508 e. The first-order valence-corrected chi connectivity index (χ1v) is 11.4. The van der Waals surface area contributed by atoms with Crippen LogP contribution in [-0.2, 0) is 4.74 Å². The fourth-order valence-electron chi connectivity index (χ4n) is 4.23. The average molecular weight is 466 g/mol. The Morgan fingerprint density at radius 2 is 1.97 bits per heavy atom. The van der Waals surface area contributed by atoms with Crippen LogP contribution in [0.5, 0.6) is 11.5 Å². The van der Waals surface area contributed by atoms with Gasteiger partial charge in [-0.25, -0.2) is 4.68 Å². The summed E-state index contributed by atoms with van der Waals surface area (Å²) in [5.74, 6) is 0.236. The van der Waals surface area contributed by atoms with Gasteiger partial charge in [0.25, 0.3) is 5.91 Å². The summed E-state index contributed by atoms with van der Waals surface area (Å²) in [6, 6.07) is 10.8. The highest BCUT2D eigenvalue weighted by Crippen LogP contribution is 2.34. The summed E-state index contributed by atoms with van der Waals surface area (Å²) in [7, 11) is 0. The van der Waals surface area contributed by atoms with Crippen molar-refractivity contribution in [2.45, 2.75) is 20.3 Å². The second kappa shape index (κ2) is 10.1. The molecule has 3 aromatic rings. The highest BCUT2D eigenvalue weighted by Gasteiger charge is 2.24. The molecule has 0 bridgehead atoms. The number of rotatable bonds is 8. The van der Waals surface area contributed by atoms with Gasteiger partial charge in [-0.2, -0.15) is 5.10 Å². The van der Waals surface area contributed by atoms with E-state index in [0.29, 0.717) is 34.9 Å². The van der Waals surface area contributed by atoms with Crippen molar-refractivity contribution in [2.24, 2.45) is 5.73 Å². The molecule has 4 rings (SSSR count). The molecule has 1 aliphatic rings. The van der Waals surface area contributed by atoms with Crippen molar-refractivity contribution in [3.8, 4) is 28.4 Å². The van der Waals surface area contributed by atoms with Crippen LogP contribution in [0, 0.1) is 13.8 Å². The zero-order valence-electron chi connectivity index (χ0n) is 19.6. The van der Waals surface area contributed by atoms with Crippen molar-refractivity contribution in [3.63, 3.8) is 0 Å². The van der Waals surface area contributed by atoms with Crippen LogP contribution in [-0.4, -0.2) is 65.1 Å². The Morgan fingerprint density at radius 1 is 1.21 bits per heavy atom. The number of amides is 1. The van der Waals surface area contributed by atoms with Crippen molar-refractivity contribution in [1.82, 2.24) is 14.7 Å². The molecule has 2 heterocycles. The Balaban J connectivity index is 1.59. The van der Waals surface area contributed by atoms with Gasteiger partial charge < -0.3 is 26.0 Å². The van der Waals surface area contributed by atoms with E-state index < -0.39 is 5.91 Å². The van der Waals surface area contributed by atoms with Gasteiger partial charge in [-0.15, -0.1) is 0 Å². The van der Waals surface area contributed by atoms with Gasteiger partial charge in [0, 0.05) is 30.8 Å². The molecule has 1 aromatic heterocycles. The quantitative estimate of drug-likeness (QED) is 0.436. The molecule has 0 spiro atoms. The average Bonchev–Trinajstić information content (AvgIpc) is 3.17. The summed E-state index contributed by atoms with van der Waals surface area (Å²) in [5, 5.41) is 14.8. The Morgan fingerprint density at radius 3 is 2.71 bits per heavy atom.